The molecular formula is C14H20N4. The second-order valence-corrected chi connectivity index (χ2v) is 5.20. The van der Waals surface area contributed by atoms with Gasteiger partial charge >= 0.3 is 0 Å². The normalized spacial score (nSPS) is 17.2. The van der Waals surface area contributed by atoms with E-state index in [9.17, 15) is 0 Å². The van der Waals surface area contributed by atoms with Gasteiger partial charge in [0.15, 0.2) is 5.65 Å². The topological polar surface area (TPSA) is 42.7 Å². The number of rotatable bonds is 5. The van der Waals surface area contributed by atoms with Crippen LogP contribution in [0, 0.1) is 5.92 Å². The molecule has 1 unspecified atom stereocenters. The number of nitrogens with zero attached hydrogens (tertiary/aromatic N) is 3. The van der Waals surface area contributed by atoms with Gasteiger partial charge in [0, 0.05) is 18.1 Å². The molecule has 3 rings (SSSR count). The summed E-state index contributed by atoms with van der Waals surface area (Å²) in [5, 5.41) is 8.98. The quantitative estimate of drug-likeness (QED) is 0.878. The molecule has 2 aromatic heterocycles. The fraction of sp³-hybridized carbons (Fsp3) is 0.571. The minimum absolute atomic E-state index is 0.481. The molecule has 0 saturated heterocycles. The average Bonchev–Trinajstić information content (AvgIpc) is 3.15. The molecule has 1 saturated carbocycles. The summed E-state index contributed by atoms with van der Waals surface area (Å²) in [6.45, 7) is 6.22. The van der Waals surface area contributed by atoms with Crippen molar-refractivity contribution < 1.29 is 0 Å². The van der Waals surface area contributed by atoms with Crippen molar-refractivity contribution in [2.45, 2.75) is 39.3 Å². The molecule has 2 aromatic rings. The highest BCUT2D eigenvalue weighted by molar-refractivity contribution is 5.75. The summed E-state index contributed by atoms with van der Waals surface area (Å²) in [7, 11) is 0. The van der Waals surface area contributed by atoms with Gasteiger partial charge in [0.25, 0.3) is 0 Å². The highest BCUT2D eigenvalue weighted by atomic mass is 15.3. The fourth-order valence-electron chi connectivity index (χ4n) is 2.43. The monoisotopic (exact) mass is 244 g/mol. The van der Waals surface area contributed by atoms with E-state index in [0.717, 1.165) is 30.0 Å². The first-order valence-corrected chi connectivity index (χ1v) is 6.82. The third kappa shape index (κ3) is 2.12. The van der Waals surface area contributed by atoms with E-state index in [4.69, 9.17) is 0 Å². The second kappa shape index (κ2) is 4.69. The Labute approximate surface area is 107 Å². The first-order chi connectivity index (χ1) is 8.79. The zero-order chi connectivity index (χ0) is 12.5. The molecule has 4 heteroatoms. The Kier molecular flexibility index (Phi) is 3.04. The molecule has 4 nitrogen and oxygen atoms in total. The molecule has 18 heavy (non-hydrogen) atoms. The van der Waals surface area contributed by atoms with E-state index in [1.54, 1.807) is 0 Å². The molecule has 0 radical (unpaired) electrons. The van der Waals surface area contributed by atoms with Crippen molar-refractivity contribution in [1.82, 2.24) is 20.1 Å². The molecule has 1 N–H and O–H groups in total. The SMILES string of the molecule is CCNCc1cnc2c(cnn2C(C)C2CC2)c1. The number of aromatic nitrogens is 3. The zero-order valence-corrected chi connectivity index (χ0v) is 11.1. The van der Waals surface area contributed by atoms with Gasteiger partial charge in [-0.25, -0.2) is 9.67 Å². The molecular weight excluding hydrogens is 224 g/mol. The zero-order valence-electron chi connectivity index (χ0n) is 11.1. The number of nitrogens with one attached hydrogen (secondary N) is 1. The van der Waals surface area contributed by atoms with Crippen molar-refractivity contribution in [3.63, 3.8) is 0 Å². The molecule has 2 heterocycles. The van der Waals surface area contributed by atoms with E-state index < -0.39 is 0 Å². The van der Waals surface area contributed by atoms with Crippen LogP contribution in [0.1, 0.15) is 38.3 Å². The van der Waals surface area contributed by atoms with Crippen molar-refractivity contribution in [3.8, 4) is 0 Å². The first kappa shape index (κ1) is 11.7. The van der Waals surface area contributed by atoms with Gasteiger partial charge in [-0.1, -0.05) is 6.92 Å². The Morgan fingerprint density at radius 1 is 1.44 bits per heavy atom. The minimum Gasteiger partial charge on any atom is -0.313 e. The van der Waals surface area contributed by atoms with Crippen molar-refractivity contribution >= 4 is 11.0 Å². The third-order valence-corrected chi connectivity index (χ3v) is 3.76. The molecule has 0 aliphatic heterocycles. The summed E-state index contributed by atoms with van der Waals surface area (Å²) < 4.78 is 2.09. The Morgan fingerprint density at radius 2 is 2.28 bits per heavy atom. The van der Waals surface area contributed by atoms with E-state index in [-0.39, 0.29) is 0 Å². The maximum atomic E-state index is 4.59. The summed E-state index contributed by atoms with van der Waals surface area (Å²) in [5.74, 6) is 0.802. The highest BCUT2D eigenvalue weighted by Gasteiger charge is 2.30. The molecule has 1 aliphatic rings. The molecule has 1 aliphatic carbocycles. The smallest absolute Gasteiger partial charge is 0.157 e. The van der Waals surface area contributed by atoms with Crippen LogP contribution in [-0.2, 0) is 6.54 Å². The van der Waals surface area contributed by atoms with E-state index >= 15 is 0 Å². The highest BCUT2D eigenvalue weighted by Crippen LogP contribution is 2.39. The summed E-state index contributed by atoms with van der Waals surface area (Å²) in [6, 6.07) is 2.67. The molecule has 96 valence electrons. The first-order valence-electron chi connectivity index (χ1n) is 6.82. The van der Waals surface area contributed by atoms with Gasteiger partial charge < -0.3 is 5.32 Å². The van der Waals surface area contributed by atoms with Crippen LogP contribution in [0.25, 0.3) is 11.0 Å². The average molecular weight is 244 g/mol. The Bertz CT molecular complexity index is 542. The maximum Gasteiger partial charge on any atom is 0.157 e. The molecule has 1 fully saturated rings. The number of fused-ring (bicyclic) bond motifs is 1. The summed E-state index contributed by atoms with van der Waals surface area (Å²) in [5.41, 5.74) is 2.25. The van der Waals surface area contributed by atoms with E-state index in [1.807, 2.05) is 12.4 Å². The standard InChI is InChI=1S/C14H20N4/c1-3-15-7-11-6-13-9-17-18(14(13)16-8-11)10(2)12-4-5-12/h6,8-10,12,15H,3-5,7H2,1-2H3. The summed E-state index contributed by atoms with van der Waals surface area (Å²) in [6.07, 6.45) is 6.57. The van der Waals surface area contributed by atoms with Gasteiger partial charge in [-0.2, -0.15) is 5.10 Å². The second-order valence-electron chi connectivity index (χ2n) is 5.20. The number of hydrogen-bond donors (Lipinski definition) is 1. The summed E-state index contributed by atoms with van der Waals surface area (Å²) >= 11 is 0. The minimum atomic E-state index is 0.481. The fourth-order valence-corrected chi connectivity index (χ4v) is 2.43. The lowest BCUT2D eigenvalue weighted by atomic mass is 10.2. The molecule has 1 atom stereocenters. The van der Waals surface area contributed by atoms with Crippen molar-refractivity contribution in [2.24, 2.45) is 5.92 Å². The maximum absolute atomic E-state index is 4.59. The number of pyridine rings is 1. The van der Waals surface area contributed by atoms with Gasteiger partial charge in [0.1, 0.15) is 0 Å². The predicted molar refractivity (Wildman–Crippen MR) is 72.3 cm³/mol. The lowest BCUT2D eigenvalue weighted by Crippen LogP contribution is -2.12. The van der Waals surface area contributed by atoms with E-state index in [2.05, 4.69) is 40.0 Å². The van der Waals surface area contributed by atoms with Gasteiger partial charge in [-0.15, -0.1) is 0 Å². The lowest BCUT2D eigenvalue weighted by Gasteiger charge is -2.11. The van der Waals surface area contributed by atoms with Crippen LogP contribution in [0.2, 0.25) is 0 Å². The van der Waals surface area contributed by atoms with Crippen LogP contribution in [-0.4, -0.2) is 21.3 Å². The van der Waals surface area contributed by atoms with Gasteiger partial charge in [0.2, 0.25) is 0 Å². The Balaban J connectivity index is 1.89. The van der Waals surface area contributed by atoms with E-state index in [0.29, 0.717) is 6.04 Å². The van der Waals surface area contributed by atoms with Gasteiger partial charge in [0.05, 0.1) is 12.2 Å². The Morgan fingerprint density at radius 3 is 3.00 bits per heavy atom. The van der Waals surface area contributed by atoms with E-state index in [1.165, 1.54) is 18.4 Å². The molecule has 0 amide bonds. The van der Waals surface area contributed by atoms with Gasteiger partial charge in [-0.3, -0.25) is 0 Å². The van der Waals surface area contributed by atoms with Crippen LogP contribution in [0.5, 0.6) is 0 Å². The Hall–Kier alpha value is -1.42. The van der Waals surface area contributed by atoms with Crippen molar-refractivity contribution in [2.75, 3.05) is 6.54 Å². The van der Waals surface area contributed by atoms with Crippen molar-refractivity contribution in [1.29, 1.82) is 0 Å². The largest absolute Gasteiger partial charge is 0.313 e. The predicted octanol–water partition coefficient (Wildman–Crippen LogP) is 2.51. The van der Waals surface area contributed by atoms with Crippen LogP contribution >= 0.6 is 0 Å². The summed E-state index contributed by atoms with van der Waals surface area (Å²) in [4.78, 5) is 4.59. The van der Waals surface area contributed by atoms with Crippen LogP contribution in [0.3, 0.4) is 0 Å². The van der Waals surface area contributed by atoms with Crippen LogP contribution < -0.4 is 5.32 Å². The molecule has 0 bridgehead atoms. The van der Waals surface area contributed by atoms with Gasteiger partial charge in [-0.05, 0) is 43.9 Å². The lowest BCUT2D eigenvalue weighted by molar-refractivity contribution is 0.450. The molecule has 0 spiro atoms. The number of hydrogen-bond acceptors (Lipinski definition) is 3. The third-order valence-electron chi connectivity index (χ3n) is 3.76. The van der Waals surface area contributed by atoms with Crippen molar-refractivity contribution in [3.05, 3.63) is 24.0 Å². The molecule has 0 aromatic carbocycles. The van der Waals surface area contributed by atoms with Crippen LogP contribution in [0.4, 0.5) is 0 Å². The van der Waals surface area contributed by atoms with Crippen LogP contribution in [0.15, 0.2) is 18.5 Å².